The van der Waals surface area contributed by atoms with E-state index in [2.05, 4.69) is 10.1 Å². The minimum absolute atomic E-state index is 0.0104. The smallest absolute Gasteiger partial charge is 0.458 e. The van der Waals surface area contributed by atoms with Crippen molar-refractivity contribution in [2.24, 2.45) is 0 Å². The van der Waals surface area contributed by atoms with Gasteiger partial charge in [0.2, 0.25) is 0 Å². The molecule has 1 atom stereocenters. The first-order chi connectivity index (χ1) is 12.1. The van der Waals surface area contributed by atoms with Gasteiger partial charge >= 0.3 is 18.3 Å². The SMILES string of the molecule is Cc1cc(Cl)c(-n2cnc(C(F)(F)F)n2)cc1[S+]([O-])CC(F)(F)C(F)(F)F. The molecule has 0 saturated heterocycles. The molecule has 1 heterocycles. The second-order valence-electron chi connectivity index (χ2n) is 5.27. The van der Waals surface area contributed by atoms with Crippen LogP contribution in [-0.4, -0.2) is 37.2 Å². The topological polar surface area (TPSA) is 53.8 Å². The summed E-state index contributed by atoms with van der Waals surface area (Å²) in [6.07, 6.45) is -10.2. The van der Waals surface area contributed by atoms with Crippen LogP contribution in [0.15, 0.2) is 23.4 Å². The van der Waals surface area contributed by atoms with Gasteiger partial charge < -0.3 is 4.55 Å². The Labute approximate surface area is 154 Å². The van der Waals surface area contributed by atoms with Crippen LogP contribution in [0.1, 0.15) is 11.4 Å². The molecular weight excluding hydrogens is 434 g/mol. The maximum absolute atomic E-state index is 13.1. The minimum atomic E-state index is -5.90. The van der Waals surface area contributed by atoms with Gasteiger partial charge in [0.15, 0.2) is 10.6 Å². The fourth-order valence-corrected chi connectivity index (χ4v) is 3.51. The van der Waals surface area contributed by atoms with Gasteiger partial charge in [0, 0.05) is 11.6 Å². The van der Waals surface area contributed by atoms with Crippen molar-refractivity contribution >= 4 is 22.8 Å². The van der Waals surface area contributed by atoms with E-state index >= 15 is 0 Å². The van der Waals surface area contributed by atoms with Crippen LogP contribution in [0.4, 0.5) is 35.1 Å². The van der Waals surface area contributed by atoms with Gasteiger partial charge in [-0.15, -0.1) is 5.10 Å². The third kappa shape index (κ3) is 4.63. The quantitative estimate of drug-likeness (QED) is 0.516. The van der Waals surface area contributed by atoms with Crippen LogP contribution in [0, 0.1) is 6.92 Å². The predicted octanol–water partition coefficient (Wildman–Crippen LogP) is 4.55. The molecule has 2 rings (SSSR count). The summed E-state index contributed by atoms with van der Waals surface area (Å²) in [4.78, 5) is 2.56. The molecule has 0 spiro atoms. The summed E-state index contributed by atoms with van der Waals surface area (Å²) in [7, 11) is 0. The zero-order valence-electron chi connectivity index (χ0n) is 13.0. The summed E-state index contributed by atoms with van der Waals surface area (Å²) >= 11 is 3.05. The molecule has 0 saturated carbocycles. The average molecular weight is 442 g/mol. The number of aromatic nitrogens is 3. The van der Waals surface area contributed by atoms with Crippen molar-refractivity contribution < 1.29 is 39.7 Å². The zero-order valence-corrected chi connectivity index (χ0v) is 14.6. The molecule has 150 valence electrons. The molecule has 0 aliphatic carbocycles. The molecule has 1 aromatic heterocycles. The van der Waals surface area contributed by atoms with Crippen LogP contribution in [0.5, 0.6) is 0 Å². The number of hydrogen-bond donors (Lipinski definition) is 0. The van der Waals surface area contributed by atoms with Crippen molar-refractivity contribution in [1.82, 2.24) is 14.8 Å². The van der Waals surface area contributed by atoms with Crippen molar-refractivity contribution in [1.29, 1.82) is 0 Å². The van der Waals surface area contributed by atoms with Gasteiger partial charge in [-0.25, -0.2) is 9.67 Å². The van der Waals surface area contributed by atoms with Crippen LogP contribution in [0.2, 0.25) is 5.02 Å². The number of aryl methyl sites for hydroxylation is 1. The van der Waals surface area contributed by atoms with Gasteiger partial charge in [0.05, 0.1) is 10.7 Å². The molecule has 14 heteroatoms. The number of benzene rings is 1. The third-order valence-corrected chi connectivity index (χ3v) is 5.07. The van der Waals surface area contributed by atoms with E-state index in [9.17, 15) is 39.7 Å². The standard InChI is InChI=1S/C13H8ClF8N3OS/c1-6-2-7(14)8(25-5-23-10(24-25)12(17,18)19)3-9(6)27(26)4-11(15,16)13(20,21)22/h2-3,5H,4H2,1H3. The molecular formula is C13H8ClF8N3OS. The first kappa shape index (κ1) is 21.7. The van der Waals surface area contributed by atoms with Crippen molar-refractivity contribution in [2.75, 3.05) is 5.75 Å². The number of rotatable bonds is 4. The Kier molecular flexibility index (Phi) is 5.70. The summed E-state index contributed by atoms with van der Waals surface area (Å²) in [6, 6.07) is 1.89. The van der Waals surface area contributed by atoms with Crippen LogP contribution in [0.3, 0.4) is 0 Å². The summed E-state index contributed by atoms with van der Waals surface area (Å²) in [5, 5.41) is 2.93. The van der Waals surface area contributed by atoms with E-state index in [1.807, 2.05) is 0 Å². The van der Waals surface area contributed by atoms with Crippen LogP contribution < -0.4 is 0 Å². The van der Waals surface area contributed by atoms with E-state index in [1.54, 1.807) is 0 Å². The van der Waals surface area contributed by atoms with E-state index in [0.29, 0.717) is 11.0 Å². The summed E-state index contributed by atoms with van der Waals surface area (Å²) in [5.41, 5.74) is -0.305. The van der Waals surface area contributed by atoms with Crippen molar-refractivity contribution in [2.45, 2.75) is 30.1 Å². The number of alkyl halides is 8. The maximum Gasteiger partial charge on any atom is 0.458 e. The summed E-state index contributed by atoms with van der Waals surface area (Å²) < 4.78 is 114. The zero-order chi connectivity index (χ0) is 20.8. The highest BCUT2D eigenvalue weighted by molar-refractivity contribution is 7.91. The van der Waals surface area contributed by atoms with Gasteiger partial charge in [-0.3, -0.25) is 0 Å². The molecule has 27 heavy (non-hydrogen) atoms. The first-order valence-electron chi connectivity index (χ1n) is 6.76. The minimum Gasteiger partial charge on any atom is -0.611 e. The van der Waals surface area contributed by atoms with E-state index in [4.69, 9.17) is 11.6 Å². The Bertz CT molecular complexity index is 836. The lowest BCUT2D eigenvalue weighted by Gasteiger charge is -2.22. The van der Waals surface area contributed by atoms with E-state index < -0.39 is 45.9 Å². The molecule has 0 bridgehead atoms. The van der Waals surface area contributed by atoms with E-state index in [-0.39, 0.29) is 16.3 Å². The highest BCUT2D eigenvalue weighted by Crippen LogP contribution is 2.38. The Morgan fingerprint density at radius 1 is 1.11 bits per heavy atom. The highest BCUT2D eigenvalue weighted by atomic mass is 35.5. The van der Waals surface area contributed by atoms with Gasteiger partial charge in [-0.05, 0) is 24.2 Å². The van der Waals surface area contributed by atoms with Crippen LogP contribution in [0.25, 0.3) is 5.69 Å². The normalized spacial score (nSPS) is 14.5. The predicted molar refractivity (Wildman–Crippen MR) is 78.4 cm³/mol. The molecule has 2 aromatic rings. The fourth-order valence-electron chi connectivity index (χ4n) is 1.90. The maximum atomic E-state index is 13.1. The Balaban J connectivity index is 2.43. The Hall–Kier alpha value is -1.60. The van der Waals surface area contributed by atoms with Crippen molar-refractivity contribution in [3.63, 3.8) is 0 Å². The van der Waals surface area contributed by atoms with E-state index in [1.165, 1.54) is 6.92 Å². The molecule has 0 fully saturated rings. The molecule has 0 aliphatic heterocycles. The molecule has 1 unspecified atom stereocenters. The Morgan fingerprint density at radius 3 is 2.19 bits per heavy atom. The largest absolute Gasteiger partial charge is 0.611 e. The van der Waals surface area contributed by atoms with Gasteiger partial charge in [-0.2, -0.15) is 35.1 Å². The molecule has 4 nitrogen and oxygen atoms in total. The summed E-state index contributed by atoms with van der Waals surface area (Å²) in [6.45, 7) is 1.25. The lowest BCUT2D eigenvalue weighted by molar-refractivity contribution is -0.271. The first-order valence-corrected chi connectivity index (χ1v) is 8.45. The Morgan fingerprint density at radius 2 is 1.70 bits per heavy atom. The number of halogens is 9. The second kappa shape index (κ2) is 7.09. The molecule has 0 aliphatic rings. The molecule has 0 radical (unpaired) electrons. The molecule has 1 aromatic carbocycles. The van der Waals surface area contributed by atoms with Gasteiger partial charge in [-0.1, -0.05) is 11.6 Å². The summed E-state index contributed by atoms with van der Waals surface area (Å²) in [5.74, 6) is -8.80. The third-order valence-electron chi connectivity index (χ3n) is 3.21. The molecule has 0 N–H and O–H groups in total. The number of nitrogens with zero attached hydrogens (tertiary/aromatic N) is 3. The van der Waals surface area contributed by atoms with Crippen LogP contribution >= 0.6 is 11.6 Å². The van der Waals surface area contributed by atoms with Gasteiger partial charge in [0.1, 0.15) is 6.33 Å². The second-order valence-corrected chi connectivity index (χ2v) is 7.10. The highest BCUT2D eigenvalue weighted by Gasteiger charge is 2.60. The fraction of sp³-hybridized carbons (Fsp3) is 0.385. The van der Waals surface area contributed by atoms with Crippen molar-refractivity contribution in [3.05, 3.63) is 34.9 Å². The molecule has 0 amide bonds. The van der Waals surface area contributed by atoms with Crippen molar-refractivity contribution in [3.8, 4) is 5.69 Å². The van der Waals surface area contributed by atoms with E-state index in [0.717, 1.165) is 12.1 Å². The lowest BCUT2D eigenvalue weighted by Crippen LogP contribution is -2.42. The average Bonchev–Trinajstić information content (AvgIpc) is 2.95. The van der Waals surface area contributed by atoms with Gasteiger partial charge in [0.25, 0.3) is 5.82 Å². The van der Waals surface area contributed by atoms with Crippen LogP contribution in [-0.2, 0) is 17.4 Å². The number of hydrogen-bond acceptors (Lipinski definition) is 3. The lowest BCUT2D eigenvalue weighted by atomic mass is 10.2. The monoisotopic (exact) mass is 441 g/mol.